The summed E-state index contributed by atoms with van der Waals surface area (Å²) in [5.74, 6) is -0.698. The van der Waals surface area contributed by atoms with E-state index in [0.717, 1.165) is 6.26 Å². The Morgan fingerprint density at radius 3 is 2.46 bits per heavy atom. The first-order chi connectivity index (χ1) is 11.0. The maximum atomic E-state index is 12.6. The molecule has 24 heavy (non-hydrogen) atoms. The van der Waals surface area contributed by atoms with Crippen molar-refractivity contribution in [3.63, 3.8) is 0 Å². The Bertz CT molecular complexity index is 711. The highest BCUT2D eigenvalue weighted by atomic mass is 32.2. The van der Waals surface area contributed by atoms with Gasteiger partial charge in [-0.15, -0.1) is 0 Å². The van der Waals surface area contributed by atoms with Crippen LogP contribution in [0.5, 0.6) is 0 Å². The molecule has 134 valence electrons. The van der Waals surface area contributed by atoms with Gasteiger partial charge in [-0.25, -0.2) is 8.42 Å². The highest BCUT2D eigenvalue weighted by Crippen LogP contribution is 2.30. The molecule has 1 saturated heterocycles. The van der Waals surface area contributed by atoms with Crippen molar-refractivity contribution in [1.29, 1.82) is 0 Å². The number of piperidine rings is 1. The molecule has 1 heterocycles. The Balaban J connectivity index is 2.23. The number of amides is 1. The smallest absolute Gasteiger partial charge is 0.325 e. The number of rotatable bonds is 4. The topological polar surface area (TPSA) is 75.3 Å². The second-order valence-corrected chi connectivity index (χ2v) is 8.29. The zero-order valence-electron chi connectivity index (χ0n) is 13.1. The first-order valence-electron chi connectivity index (χ1n) is 7.41. The van der Waals surface area contributed by atoms with E-state index >= 15 is 0 Å². The maximum Gasteiger partial charge on any atom is 0.393 e. The summed E-state index contributed by atoms with van der Waals surface area (Å²) >= 11 is 0. The van der Waals surface area contributed by atoms with Gasteiger partial charge in [0.05, 0.1) is 6.42 Å². The van der Waals surface area contributed by atoms with Crippen molar-refractivity contribution in [2.45, 2.75) is 30.2 Å². The quantitative estimate of drug-likeness (QED) is 0.856. The minimum Gasteiger partial charge on any atom is -0.325 e. The lowest BCUT2D eigenvalue weighted by Gasteiger charge is -2.34. The van der Waals surface area contributed by atoms with Crippen molar-refractivity contribution in [2.24, 2.45) is 0 Å². The highest BCUT2D eigenvalue weighted by Gasteiger charge is 2.48. The van der Waals surface area contributed by atoms with Crippen LogP contribution in [0.3, 0.4) is 0 Å². The molecular formula is C15H19F3N2O3S. The normalized spacial score (nSPS) is 18.2. The van der Waals surface area contributed by atoms with Crippen LogP contribution in [0.4, 0.5) is 18.9 Å². The fourth-order valence-corrected chi connectivity index (χ4v) is 4.17. The van der Waals surface area contributed by atoms with Crippen molar-refractivity contribution in [2.75, 3.05) is 24.7 Å². The minimum absolute atomic E-state index is 0.000911. The van der Waals surface area contributed by atoms with Gasteiger partial charge in [0.15, 0.2) is 14.6 Å². The Kier molecular flexibility index (Phi) is 5.24. The first-order valence-corrected chi connectivity index (χ1v) is 9.30. The molecule has 2 N–H and O–H groups in total. The third-order valence-electron chi connectivity index (χ3n) is 4.12. The molecule has 0 saturated carbocycles. The van der Waals surface area contributed by atoms with E-state index in [9.17, 15) is 26.4 Å². The summed E-state index contributed by atoms with van der Waals surface area (Å²) in [6.45, 7) is 0.767. The van der Waals surface area contributed by atoms with Crippen LogP contribution in [0.25, 0.3) is 0 Å². The molecule has 1 aromatic carbocycles. The Morgan fingerprint density at radius 1 is 1.29 bits per heavy atom. The van der Waals surface area contributed by atoms with Crippen LogP contribution in [-0.4, -0.2) is 44.6 Å². The zero-order chi connectivity index (χ0) is 18.0. The Morgan fingerprint density at radius 2 is 1.92 bits per heavy atom. The van der Waals surface area contributed by atoms with Crippen LogP contribution in [-0.2, 0) is 21.1 Å². The summed E-state index contributed by atoms with van der Waals surface area (Å²) in [4.78, 5) is 12.6. The third-order valence-corrected chi connectivity index (χ3v) is 6.14. The summed E-state index contributed by atoms with van der Waals surface area (Å²) in [6.07, 6.45) is -4.21. The first kappa shape index (κ1) is 18.7. The van der Waals surface area contributed by atoms with E-state index in [1.807, 2.05) is 0 Å². The molecule has 1 fully saturated rings. The Labute approximate surface area is 138 Å². The predicted molar refractivity (Wildman–Crippen MR) is 84.5 cm³/mol. The van der Waals surface area contributed by atoms with Crippen LogP contribution in [0, 0.1) is 0 Å². The zero-order valence-corrected chi connectivity index (χ0v) is 13.9. The number of carbonyl (C=O) groups excluding carboxylic acids is 1. The number of halogens is 3. The molecule has 5 nitrogen and oxygen atoms in total. The number of carbonyl (C=O) groups is 1. The van der Waals surface area contributed by atoms with Gasteiger partial charge in [0.25, 0.3) is 0 Å². The van der Waals surface area contributed by atoms with Crippen LogP contribution in [0.1, 0.15) is 18.4 Å². The summed E-state index contributed by atoms with van der Waals surface area (Å²) in [5, 5.41) is 5.47. The van der Waals surface area contributed by atoms with Gasteiger partial charge in [0.1, 0.15) is 0 Å². The van der Waals surface area contributed by atoms with Crippen molar-refractivity contribution in [3.8, 4) is 0 Å². The lowest BCUT2D eigenvalue weighted by molar-refractivity contribution is -0.127. The van der Waals surface area contributed by atoms with Crippen molar-refractivity contribution in [3.05, 3.63) is 29.8 Å². The predicted octanol–water partition coefficient (Wildman–Crippen LogP) is 1.90. The summed E-state index contributed by atoms with van der Waals surface area (Å²) in [5.41, 5.74) is 0.155. The van der Waals surface area contributed by atoms with E-state index in [1.54, 1.807) is 0 Å². The monoisotopic (exact) mass is 364 g/mol. The fourth-order valence-electron chi connectivity index (χ4n) is 2.83. The van der Waals surface area contributed by atoms with Gasteiger partial charge in [0, 0.05) is 11.9 Å². The van der Waals surface area contributed by atoms with Crippen LogP contribution >= 0.6 is 0 Å². The maximum absolute atomic E-state index is 12.6. The second kappa shape index (κ2) is 6.72. The number of hydrogen-bond donors (Lipinski definition) is 2. The molecule has 0 aliphatic carbocycles. The third kappa shape index (κ3) is 4.27. The molecule has 2 rings (SSSR count). The summed E-state index contributed by atoms with van der Waals surface area (Å²) < 4.78 is 60.2. The van der Waals surface area contributed by atoms with Gasteiger partial charge in [-0.05, 0) is 43.6 Å². The fraction of sp³-hybridized carbons (Fsp3) is 0.533. The molecule has 1 aromatic rings. The van der Waals surface area contributed by atoms with Gasteiger partial charge in [-0.3, -0.25) is 4.79 Å². The molecule has 1 aliphatic heterocycles. The van der Waals surface area contributed by atoms with E-state index in [0.29, 0.717) is 13.1 Å². The van der Waals surface area contributed by atoms with E-state index < -0.39 is 33.1 Å². The molecule has 0 unspecified atom stereocenters. The molecule has 0 radical (unpaired) electrons. The molecule has 0 aromatic heterocycles. The largest absolute Gasteiger partial charge is 0.393 e. The van der Waals surface area contributed by atoms with Crippen LogP contribution < -0.4 is 10.6 Å². The number of anilines is 1. The second-order valence-electron chi connectivity index (χ2n) is 5.96. The van der Waals surface area contributed by atoms with Crippen molar-refractivity contribution in [1.82, 2.24) is 5.32 Å². The molecular weight excluding hydrogens is 345 g/mol. The van der Waals surface area contributed by atoms with Gasteiger partial charge in [-0.2, -0.15) is 13.2 Å². The lowest BCUT2D eigenvalue weighted by Crippen LogP contribution is -2.55. The Hall–Kier alpha value is -1.61. The van der Waals surface area contributed by atoms with E-state index in [-0.39, 0.29) is 24.1 Å². The van der Waals surface area contributed by atoms with Crippen molar-refractivity contribution < 1.29 is 26.4 Å². The van der Waals surface area contributed by atoms with E-state index in [4.69, 9.17) is 0 Å². The standard InChI is InChI=1S/C15H19F3N2O3S/c1-24(22,23)14(5-7-19-8-6-14)13(21)20-12-4-2-3-11(9-12)10-15(16,17)18/h2-4,9,19H,5-8,10H2,1H3,(H,20,21). The average Bonchev–Trinajstić information content (AvgIpc) is 2.45. The molecule has 0 spiro atoms. The number of alkyl halides is 3. The highest BCUT2D eigenvalue weighted by molar-refractivity contribution is 7.92. The van der Waals surface area contributed by atoms with Gasteiger partial charge in [0.2, 0.25) is 5.91 Å². The lowest BCUT2D eigenvalue weighted by atomic mass is 9.95. The van der Waals surface area contributed by atoms with Gasteiger partial charge in [-0.1, -0.05) is 12.1 Å². The number of sulfone groups is 1. The van der Waals surface area contributed by atoms with Gasteiger partial charge >= 0.3 is 6.18 Å². The molecule has 0 atom stereocenters. The van der Waals surface area contributed by atoms with Crippen molar-refractivity contribution >= 4 is 21.4 Å². The summed E-state index contributed by atoms with van der Waals surface area (Å²) in [7, 11) is -3.68. The van der Waals surface area contributed by atoms with E-state index in [2.05, 4.69) is 10.6 Å². The SMILES string of the molecule is CS(=O)(=O)C1(C(=O)Nc2cccc(CC(F)(F)F)c2)CCNCC1. The number of nitrogens with one attached hydrogen (secondary N) is 2. The molecule has 1 aliphatic rings. The van der Waals surface area contributed by atoms with Crippen LogP contribution in [0.2, 0.25) is 0 Å². The van der Waals surface area contributed by atoms with Gasteiger partial charge < -0.3 is 10.6 Å². The minimum atomic E-state index is -4.36. The molecule has 9 heteroatoms. The average molecular weight is 364 g/mol. The number of benzene rings is 1. The van der Waals surface area contributed by atoms with Crippen LogP contribution in [0.15, 0.2) is 24.3 Å². The molecule has 0 bridgehead atoms. The summed E-state index contributed by atoms with van der Waals surface area (Å²) in [6, 6.07) is 5.35. The number of hydrogen-bond acceptors (Lipinski definition) is 4. The molecule has 1 amide bonds. The van der Waals surface area contributed by atoms with E-state index in [1.165, 1.54) is 24.3 Å².